The van der Waals surface area contributed by atoms with Crippen molar-refractivity contribution in [2.75, 3.05) is 26.6 Å². The maximum absolute atomic E-state index is 5.62. The van der Waals surface area contributed by atoms with Crippen LogP contribution in [0.25, 0.3) is 0 Å². The van der Waals surface area contributed by atoms with Crippen LogP contribution in [0, 0.1) is 0 Å². The van der Waals surface area contributed by atoms with E-state index in [-0.39, 0.29) is 6.29 Å². The molecule has 2 rings (SSSR count). The smallest absolute Gasteiger partial charge is 0.209 e. The van der Waals surface area contributed by atoms with Crippen LogP contribution in [-0.2, 0) is 16.0 Å². The van der Waals surface area contributed by atoms with E-state index in [1.165, 1.54) is 11.8 Å². The van der Waals surface area contributed by atoms with Gasteiger partial charge in [-0.3, -0.25) is 0 Å². The van der Waals surface area contributed by atoms with E-state index >= 15 is 0 Å². The number of para-hydroxylation sites is 1. The van der Waals surface area contributed by atoms with Crippen LogP contribution in [0.5, 0.6) is 5.75 Å². The van der Waals surface area contributed by atoms with Crippen LogP contribution in [0.15, 0.2) is 35.5 Å². The number of nitrogens with zero attached hydrogens (tertiary/aromatic N) is 4. The van der Waals surface area contributed by atoms with Crippen LogP contribution in [0.4, 0.5) is 0 Å². The Bertz CT molecular complexity index is 519. The Labute approximate surface area is 127 Å². The first-order chi connectivity index (χ1) is 10.3. The molecule has 0 atom stereocenters. The van der Waals surface area contributed by atoms with Crippen LogP contribution in [0.1, 0.15) is 0 Å². The van der Waals surface area contributed by atoms with Crippen molar-refractivity contribution in [2.45, 2.75) is 18.0 Å². The molecule has 0 fully saturated rings. The molecule has 0 amide bonds. The largest absolute Gasteiger partial charge is 0.493 e. The molecule has 0 saturated heterocycles. The highest BCUT2D eigenvalue weighted by Crippen LogP contribution is 2.15. The van der Waals surface area contributed by atoms with Crippen molar-refractivity contribution in [3.05, 3.63) is 30.3 Å². The summed E-state index contributed by atoms with van der Waals surface area (Å²) in [4.78, 5) is 0. The molecule has 114 valence electrons. The number of hydrogen-bond acceptors (Lipinski definition) is 7. The Morgan fingerprint density at radius 3 is 2.67 bits per heavy atom. The van der Waals surface area contributed by atoms with Gasteiger partial charge in [0.15, 0.2) is 6.29 Å². The topological polar surface area (TPSA) is 71.3 Å². The summed E-state index contributed by atoms with van der Waals surface area (Å²) in [5, 5.41) is 12.3. The minimum atomic E-state index is -0.367. The Balaban J connectivity index is 1.77. The fraction of sp³-hybridized carbons (Fsp3) is 0.462. The van der Waals surface area contributed by atoms with Crippen molar-refractivity contribution in [3.8, 4) is 5.75 Å². The van der Waals surface area contributed by atoms with Gasteiger partial charge in [-0.05, 0) is 22.6 Å². The first kappa shape index (κ1) is 15.7. The molecule has 0 aliphatic heterocycles. The Hall–Kier alpha value is -1.64. The van der Waals surface area contributed by atoms with Crippen LogP contribution < -0.4 is 4.74 Å². The summed E-state index contributed by atoms with van der Waals surface area (Å²) >= 11 is 1.53. The molecule has 1 aromatic carbocycles. The van der Waals surface area contributed by atoms with Gasteiger partial charge in [0.05, 0.1) is 13.2 Å². The third-order valence-electron chi connectivity index (χ3n) is 2.67. The molecule has 0 unspecified atom stereocenters. The van der Waals surface area contributed by atoms with Gasteiger partial charge < -0.3 is 14.2 Å². The maximum Gasteiger partial charge on any atom is 0.209 e. The zero-order chi connectivity index (χ0) is 14.9. The van der Waals surface area contributed by atoms with Gasteiger partial charge in [0.1, 0.15) is 5.75 Å². The lowest BCUT2D eigenvalue weighted by Crippen LogP contribution is -2.22. The van der Waals surface area contributed by atoms with Crippen LogP contribution in [0.3, 0.4) is 0 Å². The normalized spacial score (nSPS) is 11.0. The van der Waals surface area contributed by atoms with E-state index in [1.807, 2.05) is 30.3 Å². The number of ether oxygens (including phenoxy) is 3. The molecule has 0 saturated carbocycles. The second-order valence-electron chi connectivity index (χ2n) is 4.05. The molecule has 0 radical (unpaired) electrons. The molecule has 0 aliphatic rings. The molecular weight excluding hydrogens is 292 g/mol. The van der Waals surface area contributed by atoms with Gasteiger partial charge in [-0.1, -0.05) is 30.0 Å². The van der Waals surface area contributed by atoms with Gasteiger partial charge >= 0.3 is 0 Å². The number of tetrazole rings is 1. The zero-order valence-electron chi connectivity index (χ0n) is 12.0. The van der Waals surface area contributed by atoms with E-state index in [9.17, 15) is 0 Å². The van der Waals surface area contributed by atoms with E-state index in [4.69, 9.17) is 14.2 Å². The summed E-state index contributed by atoms with van der Waals surface area (Å²) in [6.07, 6.45) is -0.367. The second-order valence-corrected chi connectivity index (χ2v) is 5.12. The summed E-state index contributed by atoms with van der Waals surface area (Å²) in [5.41, 5.74) is 0. The molecule has 0 aliphatic carbocycles. The van der Waals surface area contributed by atoms with Gasteiger partial charge in [-0.15, -0.1) is 5.10 Å². The van der Waals surface area contributed by atoms with Gasteiger partial charge in [-0.2, -0.15) is 0 Å². The molecule has 0 bridgehead atoms. The molecule has 21 heavy (non-hydrogen) atoms. The number of rotatable bonds is 9. The van der Waals surface area contributed by atoms with E-state index in [2.05, 4.69) is 15.5 Å². The van der Waals surface area contributed by atoms with E-state index < -0.39 is 0 Å². The first-order valence-corrected chi connectivity index (χ1v) is 7.44. The minimum absolute atomic E-state index is 0.367. The van der Waals surface area contributed by atoms with Gasteiger partial charge in [-0.25, -0.2) is 4.68 Å². The van der Waals surface area contributed by atoms with Gasteiger partial charge in [0.2, 0.25) is 5.16 Å². The zero-order valence-corrected chi connectivity index (χ0v) is 12.8. The summed E-state index contributed by atoms with van der Waals surface area (Å²) in [6, 6.07) is 9.70. The second kappa shape index (κ2) is 8.60. The highest BCUT2D eigenvalue weighted by molar-refractivity contribution is 7.99. The van der Waals surface area contributed by atoms with Crippen LogP contribution in [-0.4, -0.2) is 53.1 Å². The summed E-state index contributed by atoms with van der Waals surface area (Å²) in [7, 11) is 3.16. The number of aromatic nitrogens is 4. The molecular formula is C13H18N4O3S. The molecule has 0 spiro atoms. The summed E-state index contributed by atoms with van der Waals surface area (Å²) < 4.78 is 17.6. The van der Waals surface area contributed by atoms with Crippen molar-refractivity contribution in [1.82, 2.24) is 20.2 Å². The molecule has 1 heterocycles. The van der Waals surface area contributed by atoms with Crippen molar-refractivity contribution < 1.29 is 14.2 Å². The van der Waals surface area contributed by atoms with Gasteiger partial charge in [0, 0.05) is 20.0 Å². The predicted octanol–water partition coefficient (Wildman–Crippen LogP) is 1.46. The lowest BCUT2D eigenvalue weighted by Gasteiger charge is -2.13. The van der Waals surface area contributed by atoms with Crippen molar-refractivity contribution in [3.63, 3.8) is 0 Å². The van der Waals surface area contributed by atoms with Crippen molar-refractivity contribution >= 4 is 11.8 Å². The standard InChI is InChI=1S/C13H18N4O3S/c1-18-12(19-2)10-17-13(14-15-16-17)21-9-8-20-11-6-4-3-5-7-11/h3-7,12H,8-10H2,1-2H3. The van der Waals surface area contributed by atoms with Gasteiger partial charge in [0.25, 0.3) is 0 Å². The minimum Gasteiger partial charge on any atom is -0.493 e. The Morgan fingerprint density at radius 1 is 1.19 bits per heavy atom. The number of methoxy groups -OCH3 is 2. The molecule has 2 aromatic rings. The maximum atomic E-state index is 5.62. The van der Waals surface area contributed by atoms with E-state index in [0.29, 0.717) is 18.3 Å². The third kappa shape index (κ3) is 5.00. The summed E-state index contributed by atoms with van der Waals surface area (Å²) in [6.45, 7) is 1.03. The van der Waals surface area contributed by atoms with Crippen LogP contribution >= 0.6 is 11.8 Å². The Kier molecular flexibility index (Phi) is 6.45. The number of hydrogen-bond donors (Lipinski definition) is 0. The lowest BCUT2D eigenvalue weighted by atomic mass is 10.3. The van der Waals surface area contributed by atoms with Crippen LogP contribution in [0.2, 0.25) is 0 Å². The lowest BCUT2D eigenvalue weighted by molar-refractivity contribution is -0.113. The number of thioether (sulfide) groups is 1. The third-order valence-corrected chi connectivity index (χ3v) is 3.59. The summed E-state index contributed by atoms with van der Waals surface area (Å²) in [5.74, 6) is 1.61. The molecule has 7 nitrogen and oxygen atoms in total. The fourth-order valence-electron chi connectivity index (χ4n) is 1.61. The first-order valence-electron chi connectivity index (χ1n) is 6.46. The Morgan fingerprint density at radius 2 is 1.95 bits per heavy atom. The SMILES string of the molecule is COC(Cn1nnnc1SCCOc1ccccc1)OC. The van der Waals surface area contributed by atoms with E-state index in [0.717, 1.165) is 11.5 Å². The van der Waals surface area contributed by atoms with Crippen molar-refractivity contribution in [2.24, 2.45) is 0 Å². The van der Waals surface area contributed by atoms with E-state index in [1.54, 1.807) is 18.9 Å². The monoisotopic (exact) mass is 310 g/mol. The highest BCUT2D eigenvalue weighted by atomic mass is 32.2. The number of benzene rings is 1. The molecule has 0 N–H and O–H groups in total. The quantitative estimate of drug-likeness (QED) is 0.394. The average molecular weight is 310 g/mol. The highest BCUT2D eigenvalue weighted by Gasteiger charge is 2.12. The molecule has 1 aromatic heterocycles. The predicted molar refractivity (Wildman–Crippen MR) is 78.3 cm³/mol. The van der Waals surface area contributed by atoms with Crippen molar-refractivity contribution in [1.29, 1.82) is 0 Å². The average Bonchev–Trinajstić information content (AvgIpc) is 2.97. The molecule has 8 heteroatoms. The fourth-order valence-corrected chi connectivity index (χ4v) is 2.31.